The van der Waals surface area contributed by atoms with Crippen molar-refractivity contribution in [3.05, 3.63) is 30.1 Å². The molecule has 0 aliphatic carbocycles. The molecule has 0 saturated carbocycles. The summed E-state index contributed by atoms with van der Waals surface area (Å²) in [4.78, 5) is 7.85. The van der Waals surface area contributed by atoms with Gasteiger partial charge in [-0.3, -0.25) is 0 Å². The molecule has 0 aliphatic rings. The smallest absolute Gasteiger partial charge is 0.115 e. The van der Waals surface area contributed by atoms with E-state index < -0.39 is 0 Å². The van der Waals surface area contributed by atoms with Gasteiger partial charge in [-0.15, -0.1) is 5.10 Å². The van der Waals surface area contributed by atoms with Crippen molar-refractivity contribution in [1.29, 1.82) is 0 Å². The van der Waals surface area contributed by atoms with Gasteiger partial charge in [0.15, 0.2) is 0 Å². The fourth-order valence-corrected chi connectivity index (χ4v) is 1.41. The minimum Gasteiger partial charge on any atom is -0.323 e. The van der Waals surface area contributed by atoms with Gasteiger partial charge in [0.25, 0.3) is 0 Å². The van der Waals surface area contributed by atoms with Crippen LogP contribution in [0.15, 0.2) is 18.7 Å². The zero-order valence-electron chi connectivity index (χ0n) is 8.62. The normalized spacial score (nSPS) is 12.7. The largest absolute Gasteiger partial charge is 0.323 e. The highest BCUT2D eigenvalue weighted by atomic mass is 15.4. The Morgan fingerprint density at radius 3 is 2.53 bits per heavy atom. The monoisotopic (exact) mass is 204 g/mol. The Bertz CT molecular complexity index is 447. The molecule has 0 aliphatic heterocycles. The van der Waals surface area contributed by atoms with E-state index in [9.17, 15) is 0 Å². The Morgan fingerprint density at radius 1 is 1.33 bits per heavy atom. The average Bonchev–Trinajstić information content (AvgIpc) is 2.61. The number of hydrogen-bond acceptors (Lipinski definition) is 5. The number of aromatic nitrogens is 5. The average molecular weight is 204 g/mol. The van der Waals surface area contributed by atoms with Crippen LogP contribution < -0.4 is 5.73 Å². The lowest BCUT2D eigenvalue weighted by Gasteiger charge is -2.03. The molecular formula is C9H12N6. The summed E-state index contributed by atoms with van der Waals surface area (Å²) < 4.78 is 1.68. The van der Waals surface area contributed by atoms with Crippen LogP contribution in [0, 0.1) is 6.92 Å². The molecule has 15 heavy (non-hydrogen) atoms. The van der Waals surface area contributed by atoms with Gasteiger partial charge in [0, 0.05) is 6.04 Å². The van der Waals surface area contributed by atoms with Gasteiger partial charge in [-0.1, -0.05) is 5.21 Å². The topological polar surface area (TPSA) is 82.5 Å². The third kappa shape index (κ3) is 1.71. The maximum Gasteiger partial charge on any atom is 0.115 e. The Balaban J connectivity index is 2.47. The molecule has 0 amide bonds. The molecule has 1 unspecified atom stereocenters. The Morgan fingerprint density at radius 2 is 2.00 bits per heavy atom. The van der Waals surface area contributed by atoms with E-state index in [2.05, 4.69) is 20.3 Å². The van der Waals surface area contributed by atoms with Crippen LogP contribution in [-0.2, 0) is 0 Å². The molecule has 2 rings (SSSR count). The van der Waals surface area contributed by atoms with E-state index in [0.29, 0.717) is 0 Å². The third-order valence-electron chi connectivity index (χ3n) is 2.15. The molecule has 0 bridgehead atoms. The van der Waals surface area contributed by atoms with Gasteiger partial charge in [0.2, 0.25) is 0 Å². The predicted molar refractivity (Wildman–Crippen MR) is 54.3 cm³/mol. The second kappa shape index (κ2) is 3.74. The summed E-state index contributed by atoms with van der Waals surface area (Å²) >= 11 is 0. The van der Waals surface area contributed by atoms with Crippen molar-refractivity contribution in [2.75, 3.05) is 0 Å². The van der Waals surface area contributed by atoms with Crippen molar-refractivity contribution in [3.8, 4) is 5.69 Å². The van der Waals surface area contributed by atoms with Crippen molar-refractivity contribution < 1.29 is 0 Å². The van der Waals surface area contributed by atoms with E-state index in [1.165, 1.54) is 6.33 Å². The summed E-state index contributed by atoms with van der Waals surface area (Å²) in [6.45, 7) is 3.80. The Labute approximate surface area is 87.2 Å². The van der Waals surface area contributed by atoms with Gasteiger partial charge in [-0.2, -0.15) is 0 Å². The van der Waals surface area contributed by atoms with Gasteiger partial charge in [0.05, 0.1) is 18.1 Å². The molecule has 1 atom stereocenters. The number of nitrogens with two attached hydrogens (primary N) is 1. The summed E-state index contributed by atoms with van der Waals surface area (Å²) in [5.74, 6) is 0. The first-order valence-corrected chi connectivity index (χ1v) is 4.63. The van der Waals surface area contributed by atoms with E-state index in [1.807, 2.05) is 13.8 Å². The molecule has 0 aromatic carbocycles. The lowest BCUT2D eigenvalue weighted by molar-refractivity contribution is 0.754. The molecule has 2 heterocycles. The van der Waals surface area contributed by atoms with E-state index in [-0.39, 0.29) is 6.04 Å². The molecule has 6 nitrogen and oxygen atoms in total. The van der Waals surface area contributed by atoms with E-state index in [4.69, 9.17) is 5.73 Å². The van der Waals surface area contributed by atoms with Crippen molar-refractivity contribution in [3.63, 3.8) is 0 Å². The van der Waals surface area contributed by atoms with E-state index in [0.717, 1.165) is 17.1 Å². The lowest BCUT2D eigenvalue weighted by Crippen LogP contribution is -2.08. The van der Waals surface area contributed by atoms with Crippen LogP contribution >= 0.6 is 0 Å². The Kier molecular flexibility index (Phi) is 2.42. The van der Waals surface area contributed by atoms with Crippen molar-refractivity contribution in [2.24, 2.45) is 5.73 Å². The molecule has 2 aromatic rings. The van der Waals surface area contributed by atoms with Crippen LogP contribution in [-0.4, -0.2) is 25.0 Å². The van der Waals surface area contributed by atoms with Gasteiger partial charge in [0.1, 0.15) is 17.7 Å². The highest BCUT2D eigenvalue weighted by molar-refractivity contribution is 5.27. The zero-order valence-corrected chi connectivity index (χ0v) is 8.62. The van der Waals surface area contributed by atoms with Crippen LogP contribution in [0.5, 0.6) is 0 Å². The SMILES string of the molecule is Cc1c(C(C)N)nnn1-c1cncnc1. The van der Waals surface area contributed by atoms with Crippen molar-refractivity contribution in [1.82, 2.24) is 25.0 Å². The predicted octanol–water partition coefficient (Wildman–Crippen LogP) is 0.385. The lowest BCUT2D eigenvalue weighted by atomic mass is 10.2. The minimum absolute atomic E-state index is 0.122. The summed E-state index contributed by atoms with van der Waals surface area (Å²) in [6, 6.07) is -0.122. The summed E-state index contributed by atoms with van der Waals surface area (Å²) in [5.41, 5.74) is 8.25. The first-order chi connectivity index (χ1) is 7.20. The highest BCUT2D eigenvalue weighted by Crippen LogP contribution is 2.14. The van der Waals surface area contributed by atoms with Crippen LogP contribution in [0.3, 0.4) is 0 Å². The molecule has 0 saturated heterocycles. The standard InChI is InChI=1S/C9H12N6/c1-6(10)9-7(2)15(14-13-9)8-3-11-5-12-4-8/h3-6H,10H2,1-2H3. The summed E-state index contributed by atoms with van der Waals surface area (Å²) in [6.07, 6.45) is 4.83. The van der Waals surface area contributed by atoms with Gasteiger partial charge >= 0.3 is 0 Å². The zero-order chi connectivity index (χ0) is 10.8. The van der Waals surface area contributed by atoms with E-state index >= 15 is 0 Å². The van der Waals surface area contributed by atoms with Crippen LogP contribution in [0.25, 0.3) is 5.69 Å². The second-order valence-electron chi connectivity index (χ2n) is 3.36. The molecule has 6 heteroatoms. The summed E-state index contributed by atoms with van der Waals surface area (Å²) in [7, 11) is 0. The Hall–Kier alpha value is -1.82. The molecule has 2 aromatic heterocycles. The quantitative estimate of drug-likeness (QED) is 0.764. The first kappa shape index (κ1) is 9.72. The van der Waals surface area contributed by atoms with Crippen LogP contribution in [0.4, 0.5) is 0 Å². The van der Waals surface area contributed by atoms with Crippen LogP contribution in [0.2, 0.25) is 0 Å². The molecule has 0 radical (unpaired) electrons. The number of nitrogens with zero attached hydrogens (tertiary/aromatic N) is 5. The second-order valence-corrected chi connectivity index (χ2v) is 3.36. The maximum absolute atomic E-state index is 5.76. The van der Waals surface area contributed by atoms with Crippen molar-refractivity contribution in [2.45, 2.75) is 19.9 Å². The molecule has 78 valence electrons. The molecular weight excluding hydrogens is 192 g/mol. The minimum atomic E-state index is -0.122. The number of rotatable bonds is 2. The fraction of sp³-hybridized carbons (Fsp3) is 0.333. The fourth-order valence-electron chi connectivity index (χ4n) is 1.41. The maximum atomic E-state index is 5.76. The van der Waals surface area contributed by atoms with Gasteiger partial charge in [-0.05, 0) is 13.8 Å². The first-order valence-electron chi connectivity index (χ1n) is 4.63. The van der Waals surface area contributed by atoms with Gasteiger partial charge < -0.3 is 5.73 Å². The molecule has 0 fully saturated rings. The highest BCUT2D eigenvalue weighted by Gasteiger charge is 2.12. The number of hydrogen-bond donors (Lipinski definition) is 1. The molecule has 2 N–H and O–H groups in total. The third-order valence-corrected chi connectivity index (χ3v) is 2.15. The van der Waals surface area contributed by atoms with Gasteiger partial charge in [-0.25, -0.2) is 14.6 Å². The van der Waals surface area contributed by atoms with Crippen LogP contribution in [0.1, 0.15) is 24.4 Å². The van der Waals surface area contributed by atoms with E-state index in [1.54, 1.807) is 17.1 Å². The van der Waals surface area contributed by atoms with Crippen molar-refractivity contribution >= 4 is 0 Å². The summed E-state index contributed by atoms with van der Waals surface area (Å²) in [5, 5.41) is 8.04. The molecule has 0 spiro atoms.